The number of halogens is 2. The van der Waals surface area contributed by atoms with Crippen molar-refractivity contribution >= 4 is 12.4 Å². The Hall–Kier alpha value is -1.80. The fraction of sp³-hybridized carbons (Fsp3) is 0.250. The largest absolute Gasteiger partial charge is 1.00 e. The quantitative estimate of drug-likeness (QED) is 0.144. The molecule has 0 unspecified atom stereocenters. The first-order chi connectivity index (χ1) is 10.8. The molecule has 8 heteroatoms. The van der Waals surface area contributed by atoms with Gasteiger partial charge in [0.1, 0.15) is 13.1 Å². The van der Waals surface area contributed by atoms with Crippen molar-refractivity contribution in [2.75, 3.05) is 0 Å². The van der Waals surface area contributed by atoms with Crippen LogP contribution in [0.15, 0.2) is 59.4 Å². The molecule has 0 aromatic carbocycles. The monoisotopic (exact) mass is 458 g/mol. The third kappa shape index (κ3) is 7.65. The lowest BCUT2D eigenvalue weighted by atomic mass is 10.2. The standard InChI is InChI=1S/C16H18N4O2.2BrH/c21-17-13-15-3-9-19(10-4-15)7-1-2-8-20-11-5-16(6-12-20)14-18-22;;/h3-6,9-14H,1-2,7-8H2;2*1H. The molecule has 130 valence electrons. The van der Waals surface area contributed by atoms with Crippen LogP contribution in [-0.2, 0) is 13.1 Å². The van der Waals surface area contributed by atoms with Crippen molar-refractivity contribution in [2.24, 2.45) is 10.3 Å². The van der Waals surface area contributed by atoms with Crippen LogP contribution >= 0.6 is 0 Å². The summed E-state index contributed by atoms with van der Waals surface area (Å²) in [6.07, 6.45) is 12.9. The number of hydrogen-bond acceptors (Lipinski definition) is 4. The number of unbranched alkanes of at least 4 members (excludes halogenated alkanes) is 1. The first kappa shape index (κ1) is 22.2. The van der Waals surface area contributed by atoms with Crippen LogP contribution in [0.4, 0.5) is 0 Å². The number of hydrogen-bond donors (Lipinski definition) is 2. The number of aryl methyl sites for hydroxylation is 2. The van der Waals surface area contributed by atoms with Gasteiger partial charge in [0.15, 0.2) is 24.8 Å². The van der Waals surface area contributed by atoms with Gasteiger partial charge in [-0.05, 0) is 0 Å². The molecule has 0 radical (unpaired) electrons. The Balaban J connectivity index is 0.00000264. The Morgan fingerprint density at radius 2 is 1.04 bits per heavy atom. The van der Waals surface area contributed by atoms with Gasteiger partial charge in [-0.15, -0.1) is 0 Å². The van der Waals surface area contributed by atoms with Crippen molar-refractivity contribution in [1.29, 1.82) is 0 Å². The minimum absolute atomic E-state index is 0. The fourth-order valence-electron chi connectivity index (χ4n) is 2.13. The van der Waals surface area contributed by atoms with E-state index in [-0.39, 0.29) is 34.0 Å². The number of aromatic nitrogens is 2. The maximum Gasteiger partial charge on any atom is 0.169 e. The zero-order valence-electron chi connectivity index (χ0n) is 13.0. The lowest BCUT2D eigenvalue weighted by Crippen LogP contribution is -3.00. The predicted molar refractivity (Wildman–Crippen MR) is 81.3 cm³/mol. The summed E-state index contributed by atoms with van der Waals surface area (Å²) in [5.74, 6) is 0. The van der Waals surface area contributed by atoms with Crippen LogP contribution in [0.2, 0.25) is 0 Å². The topological polar surface area (TPSA) is 72.9 Å². The number of nitrogens with zero attached hydrogens (tertiary/aromatic N) is 4. The molecular weight excluding hydrogens is 440 g/mol. The molecule has 0 aliphatic heterocycles. The Bertz CT molecular complexity index is 574. The maximum absolute atomic E-state index is 8.46. The first-order valence-corrected chi connectivity index (χ1v) is 7.15. The normalized spacial score (nSPS) is 10.5. The summed E-state index contributed by atoms with van der Waals surface area (Å²) >= 11 is 0. The van der Waals surface area contributed by atoms with Gasteiger partial charge >= 0.3 is 0 Å². The van der Waals surface area contributed by atoms with Crippen LogP contribution in [0.1, 0.15) is 24.0 Å². The summed E-state index contributed by atoms with van der Waals surface area (Å²) in [5.41, 5.74) is 1.75. The third-order valence-electron chi connectivity index (χ3n) is 3.33. The highest BCUT2D eigenvalue weighted by Crippen LogP contribution is 1.94. The molecule has 0 bridgehead atoms. The second kappa shape index (κ2) is 12.6. The fourth-order valence-corrected chi connectivity index (χ4v) is 2.13. The van der Waals surface area contributed by atoms with Gasteiger partial charge in [-0.1, -0.05) is 10.3 Å². The van der Waals surface area contributed by atoms with Gasteiger partial charge < -0.3 is 44.4 Å². The zero-order valence-corrected chi connectivity index (χ0v) is 16.2. The summed E-state index contributed by atoms with van der Waals surface area (Å²) in [6.45, 7) is 1.90. The van der Waals surface area contributed by atoms with E-state index in [4.69, 9.17) is 10.4 Å². The van der Waals surface area contributed by atoms with Crippen molar-refractivity contribution in [3.63, 3.8) is 0 Å². The highest BCUT2D eigenvalue weighted by molar-refractivity contribution is 5.78. The summed E-state index contributed by atoms with van der Waals surface area (Å²) in [4.78, 5) is 0. The van der Waals surface area contributed by atoms with Crippen molar-refractivity contribution in [1.82, 2.24) is 0 Å². The molecule has 0 atom stereocenters. The summed E-state index contributed by atoms with van der Waals surface area (Å²) in [7, 11) is 0. The highest BCUT2D eigenvalue weighted by Gasteiger charge is 2.03. The molecule has 0 spiro atoms. The molecule has 2 aromatic rings. The molecule has 6 nitrogen and oxygen atoms in total. The van der Waals surface area contributed by atoms with Crippen LogP contribution in [0.5, 0.6) is 0 Å². The van der Waals surface area contributed by atoms with Crippen molar-refractivity contribution in [3.8, 4) is 0 Å². The molecule has 0 aliphatic carbocycles. The molecule has 0 amide bonds. The van der Waals surface area contributed by atoms with E-state index in [2.05, 4.69) is 19.4 Å². The Kier molecular flexibility index (Phi) is 11.7. The minimum atomic E-state index is 0. The average molecular weight is 460 g/mol. The second-order valence-corrected chi connectivity index (χ2v) is 4.93. The van der Waals surface area contributed by atoms with Crippen LogP contribution in [0.3, 0.4) is 0 Å². The van der Waals surface area contributed by atoms with Crippen LogP contribution in [0, 0.1) is 0 Å². The first-order valence-electron chi connectivity index (χ1n) is 7.15. The Morgan fingerprint density at radius 1 is 0.708 bits per heavy atom. The van der Waals surface area contributed by atoms with E-state index >= 15 is 0 Å². The molecule has 24 heavy (non-hydrogen) atoms. The summed E-state index contributed by atoms with van der Waals surface area (Å²) < 4.78 is 4.22. The highest BCUT2D eigenvalue weighted by atomic mass is 79.9. The second-order valence-electron chi connectivity index (χ2n) is 4.93. The lowest BCUT2D eigenvalue weighted by molar-refractivity contribution is -0.708. The molecule has 0 fully saturated rings. The van der Waals surface area contributed by atoms with E-state index in [1.54, 1.807) is 0 Å². The molecule has 0 aliphatic rings. The van der Waals surface area contributed by atoms with E-state index in [1.165, 1.54) is 12.4 Å². The molecule has 2 heterocycles. The van der Waals surface area contributed by atoms with Crippen molar-refractivity contribution < 1.29 is 53.5 Å². The number of pyridine rings is 2. The molecule has 0 saturated heterocycles. The van der Waals surface area contributed by atoms with Gasteiger partial charge in [-0.3, -0.25) is 0 Å². The summed E-state index contributed by atoms with van der Waals surface area (Å²) in [6, 6.07) is 7.65. The van der Waals surface area contributed by atoms with Gasteiger partial charge in [0.2, 0.25) is 0 Å². The Labute approximate surface area is 162 Å². The molecular formula is C16H20Br2N4O2. The van der Waals surface area contributed by atoms with Gasteiger partial charge in [0.05, 0.1) is 12.4 Å². The molecule has 2 rings (SSSR count). The number of oxime groups is 2. The van der Waals surface area contributed by atoms with E-state index in [9.17, 15) is 0 Å². The average Bonchev–Trinajstić information content (AvgIpc) is 2.55. The van der Waals surface area contributed by atoms with Crippen LogP contribution in [-0.4, -0.2) is 22.8 Å². The van der Waals surface area contributed by atoms with Crippen molar-refractivity contribution in [2.45, 2.75) is 25.9 Å². The summed E-state index contributed by atoms with van der Waals surface area (Å²) in [5, 5.41) is 22.9. The van der Waals surface area contributed by atoms with Gasteiger partial charge in [0.25, 0.3) is 0 Å². The minimum Gasteiger partial charge on any atom is -1.00 e. The van der Waals surface area contributed by atoms with Gasteiger partial charge in [-0.25, -0.2) is 9.13 Å². The molecule has 2 aromatic heterocycles. The molecule has 0 saturated carbocycles. The van der Waals surface area contributed by atoms with Crippen molar-refractivity contribution in [3.05, 3.63) is 60.2 Å². The van der Waals surface area contributed by atoms with E-state index < -0.39 is 0 Å². The maximum atomic E-state index is 8.46. The van der Waals surface area contributed by atoms with Gasteiger partial charge in [-0.2, -0.15) is 0 Å². The third-order valence-corrected chi connectivity index (χ3v) is 3.33. The van der Waals surface area contributed by atoms with Crippen LogP contribution < -0.4 is 43.1 Å². The van der Waals surface area contributed by atoms with E-state index in [0.29, 0.717) is 0 Å². The SMILES string of the molecule is O/N=C\c1cc[n+](CCCC[n+]2ccc(/C=N\O)cc2)cc1.[Br-].[Br-]. The Morgan fingerprint density at radius 3 is 1.33 bits per heavy atom. The zero-order chi connectivity index (χ0) is 15.6. The lowest BCUT2D eigenvalue weighted by Gasteiger charge is -1.98. The van der Waals surface area contributed by atoms with E-state index in [1.807, 2.05) is 49.1 Å². The van der Waals surface area contributed by atoms with Crippen LogP contribution in [0.25, 0.3) is 0 Å². The van der Waals surface area contributed by atoms with E-state index in [0.717, 1.165) is 37.1 Å². The smallest absolute Gasteiger partial charge is 0.169 e. The van der Waals surface area contributed by atoms with Gasteiger partial charge in [0, 0.05) is 48.2 Å². The number of rotatable bonds is 7. The molecule has 2 N–H and O–H groups in total. The predicted octanol–water partition coefficient (Wildman–Crippen LogP) is -4.63.